The van der Waals surface area contributed by atoms with Crippen molar-refractivity contribution < 1.29 is 27.2 Å². The van der Waals surface area contributed by atoms with Gasteiger partial charge in [0.15, 0.2) is 5.90 Å². The quantitative estimate of drug-likeness (QED) is 0.0777. The van der Waals surface area contributed by atoms with Gasteiger partial charge in [0.2, 0.25) is 0 Å². The van der Waals surface area contributed by atoms with Gasteiger partial charge in [0.05, 0.1) is 0 Å². The van der Waals surface area contributed by atoms with Gasteiger partial charge >= 0.3 is 15.2 Å². The van der Waals surface area contributed by atoms with E-state index in [2.05, 4.69) is 0 Å². The molecule has 0 aromatic heterocycles. The van der Waals surface area contributed by atoms with Crippen LogP contribution < -0.4 is 18.1 Å². The van der Waals surface area contributed by atoms with Crippen LogP contribution in [0.5, 0.6) is 23.0 Å². The Hall–Kier alpha value is -5.18. The summed E-state index contributed by atoms with van der Waals surface area (Å²) in [5.41, 5.74) is 0. The molecule has 304 valence electrons. The first-order chi connectivity index (χ1) is 29.8. The minimum atomic E-state index is -4.37. The third-order valence-electron chi connectivity index (χ3n) is 8.53. The van der Waals surface area contributed by atoms with Gasteiger partial charge < -0.3 is 18.1 Å². The first kappa shape index (κ1) is 42.5. The van der Waals surface area contributed by atoms with E-state index in [0.29, 0.717) is 0 Å². The molecule has 0 radical (unpaired) electrons. The molecule has 0 aliphatic carbocycles. The molecule has 6 nitrogen and oxygen atoms in total. The Morgan fingerprint density at radius 2 is 0.443 bits per heavy atom. The number of hydrogen-bond acceptors (Lipinski definition) is 10. The van der Waals surface area contributed by atoms with E-state index >= 15 is 9.13 Å². The van der Waals surface area contributed by atoms with Crippen LogP contribution in [0.15, 0.2) is 258 Å². The van der Waals surface area contributed by atoms with Crippen LogP contribution in [-0.2, 0) is 9.13 Å². The molecule has 0 spiro atoms. The number of benzene rings is 8. The molecular formula is C49H38O6P2S4. The Balaban J connectivity index is 1.08. The summed E-state index contributed by atoms with van der Waals surface area (Å²) in [7, 11) is -8.74. The molecule has 0 saturated heterocycles. The van der Waals surface area contributed by atoms with E-state index < -0.39 is 21.1 Å². The molecule has 0 amide bonds. The standard InChI is InChI=1S/C49H38O6P2S4/c50-56(52-38-21-29-46(30-22-38)58-42-13-5-1-6-14-42,53-39-23-31-47(32-24-39)59-43-15-7-2-8-16-43)37-57(51,54-40-25-33-48(34-26-40)60-44-17-9-3-10-18-44)55-41-27-35-49(36-28-41)61-45-19-11-4-12-20-45/h1-36H,37H2. The van der Waals surface area contributed by atoms with Gasteiger partial charge in [-0.3, -0.25) is 0 Å². The van der Waals surface area contributed by atoms with Gasteiger partial charge in [0.25, 0.3) is 0 Å². The maximum atomic E-state index is 15.2. The fourth-order valence-electron chi connectivity index (χ4n) is 5.78. The van der Waals surface area contributed by atoms with Crippen LogP contribution >= 0.6 is 62.2 Å². The second kappa shape index (κ2) is 20.6. The SMILES string of the molecule is O=P(CP(=O)(Oc1ccc(Sc2ccccc2)cc1)Oc1ccc(Sc2ccccc2)cc1)(Oc1ccc(Sc2ccccc2)cc1)Oc1ccc(Sc2ccccc2)cc1. The summed E-state index contributed by atoms with van der Waals surface area (Å²) in [6, 6.07) is 68.8. The van der Waals surface area contributed by atoms with Crippen LogP contribution in [0.3, 0.4) is 0 Å². The molecule has 8 aromatic rings. The third kappa shape index (κ3) is 12.9. The summed E-state index contributed by atoms with van der Waals surface area (Å²) in [6.07, 6.45) is 0. The van der Waals surface area contributed by atoms with E-state index in [0.717, 1.165) is 39.2 Å². The molecular weight excluding hydrogens is 875 g/mol. The molecule has 8 aromatic carbocycles. The Kier molecular flexibility index (Phi) is 14.3. The Morgan fingerprint density at radius 1 is 0.262 bits per heavy atom. The predicted octanol–water partition coefficient (Wildman–Crippen LogP) is 16.3. The Bertz CT molecular complexity index is 2320. The molecule has 0 aliphatic heterocycles. The lowest BCUT2D eigenvalue weighted by molar-refractivity contribution is 0.370. The van der Waals surface area contributed by atoms with Crippen molar-refractivity contribution in [2.75, 3.05) is 5.90 Å². The van der Waals surface area contributed by atoms with Crippen molar-refractivity contribution in [3.8, 4) is 23.0 Å². The van der Waals surface area contributed by atoms with Crippen LogP contribution in [-0.4, -0.2) is 5.90 Å². The lowest BCUT2D eigenvalue weighted by Gasteiger charge is -2.25. The highest BCUT2D eigenvalue weighted by molar-refractivity contribution is 8.00. The fraction of sp³-hybridized carbons (Fsp3) is 0.0204. The molecule has 0 fully saturated rings. The Morgan fingerprint density at radius 3 is 0.639 bits per heavy atom. The maximum absolute atomic E-state index is 15.2. The topological polar surface area (TPSA) is 71.1 Å². The van der Waals surface area contributed by atoms with E-state index in [1.165, 1.54) is 0 Å². The smallest absolute Gasteiger partial charge is 0.416 e. The van der Waals surface area contributed by atoms with E-state index in [1.807, 2.05) is 170 Å². The van der Waals surface area contributed by atoms with Gasteiger partial charge in [-0.2, -0.15) is 0 Å². The van der Waals surface area contributed by atoms with E-state index in [-0.39, 0.29) is 23.0 Å². The second-order valence-electron chi connectivity index (χ2n) is 13.3. The highest BCUT2D eigenvalue weighted by Gasteiger charge is 2.44. The highest BCUT2D eigenvalue weighted by atomic mass is 32.2. The van der Waals surface area contributed by atoms with Crippen LogP contribution in [0, 0.1) is 0 Å². The van der Waals surface area contributed by atoms with Gasteiger partial charge in [0, 0.05) is 39.2 Å². The van der Waals surface area contributed by atoms with Crippen LogP contribution in [0.2, 0.25) is 0 Å². The zero-order chi connectivity index (χ0) is 41.7. The molecule has 0 atom stereocenters. The van der Waals surface area contributed by atoms with Gasteiger partial charge in [0.1, 0.15) is 23.0 Å². The molecule has 0 unspecified atom stereocenters. The van der Waals surface area contributed by atoms with Crippen molar-refractivity contribution in [3.05, 3.63) is 218 Å². The second-order valence-corrected chi connectivity index (χ2v) is 22.2. The molecule has 12 heteroatoms. The summed E-state index contributed by atoms with van der Waals surface area (Å²) < 4.78 is 55.5. The first-order valence-electron chi connectivity index (χ1n) is 19.1. The van der Waals surface area contributed by atoms with Crippen molar-refractivity contribution in [3.63, 3.8) is 0 Å². The third-order valence-corrected chi connectivity index (χ3v) is 17.3. The van der Waals surface area contributed by atoms with Crippen LogP contribution in [0.4, 0.5) is 0 Å². The molecule has 8 rings (SSSR count). The number of rotatable bonds is 18. The molecule has 61 heavy (non-hydrogen) atoms. The van der Waals surface area contributed by atoms with E-state index in [9.17, 15) is 0 Å². The zero-order valence-corrected chi connectivity index (χ0v) is 37.5. The lowest BCUT2D eigenvalue weighted by Crippen LogP contribution is -2.12. The lowest BCUT2D eigenvalue weighted by atomic mass is 10.3. The van der Waals surface area contributed by atoms with Gasteiger partial charge in [-0.05, 0) is 146 Å². The normalized spacial score (nSPS) is 11.4. The monoisotopic (exact) mass is 912 g/mol. The summed E-state index contributed by atoms with van der Waals surface area (Å²) >= 11 is 6.35. The van der Waals surface area contributed by atoms with Crippen molar-refractivity contribution in [2.45, 2.75) is 39.2 Å². The molecule has 0 N–H and O–H groups in total. The van der Waals surface area contributed by atoms with Crippen molar-refractivity contribution in [1.82, 2.24) is 0 Å². The van der Waals surface area contributed by atoms with Gasteiger partial charge in [-0.25, -0.2) is 9.13 Å². The predicted molar refractivity (Wildman–Crippen MR) is 251 cm³/mol. The van der Waals surface area contributed by atoms with Crippen LogP contribution in [0.25, 0.3) is 0 Å². The largest absolute Gasteiger partial charge is 0.445 e. The molecule has 0 bridgehead atoms. The number of hydrogen-bond donors (Lipinski definition) is 0. The summed E-state index contributed by atoms with van der Waals surface area (Å²) in [6.45, 7) is 0. The van der Waals surface area contributed by atoms with Crippen molar-refractivity contribution in [2.24, 2.45) is 0 Å². The minimum Gasteiger partial charge on any atom is -0.416 e. The maximum Gasteiger partial charge on any atom is 0.445 e. The fourth-order valence-corrected chi connectivity index (χ4v) is 13.6. The van der Waals surface area contributed by atoms with E-state index in [4.69, 9.17) is 18.1 Å². The van der Waals surface area contributed by atoms with Crippen LogP contribution in [0.1, 0.15) is 0 Å². The average molecular weight is 913 g/mol. The first-order valence-corrected chi connectivity index (χ1v) is 25.8. The van der Waals surface area contributed by atoms with Gasteiger partial charge in [-0.1, -0.05) is 120 Å². The molecule has 0 saturated carbocycles. The summed E-state index contributed by atoms with van der Waals surface area (Å²) in [5.74, 6) is 0.379. The average Bonchev–Trinajstić information content (AvgIpc) is 3.28. The zero-order valence-electron chi connectivity index (χ0n) is 32.5. The Labute approximate surface area is 373 Å². The minimum absolute atomic E-state index is 0.271. The summed E-state index contributed by atoms with van der Waals surface area (Å²) in [4.78, 5) is 8.14. The molecule has 0 heterocycles. The van der Waals surface area contributed by atoms with Crippen molar-refractivity contribution in [1.29, 1.82) is 0 Å². The van der Waals surface area contributed by atoms with Gasteiger partial charge in [-0.15, -0.1) is 0 Å². The molecule has 0 aliphatic rings. The van der Waals surface area contributed by atoms with Crippen molar-refractivity contribution >= 4 is 62.2 Å². The highest BCUT2D eigenvalue weighted by Crippen LogP contribution is 2.63. The van der Waals surface area contributed by atoms with E-state index in [1.54, 1.807) is 95.6 Å². The summed E-state index contributed by atoms with van der Waals surface area (Å²) in [5, 5.41) is 0.